The highest BCUT2D eigenvalue weighted by molar-refractivity contribution is 9.10. The Labute approximate surface area is 153 Å². The largest absolute Gasteiger partial charge is 0.496 e. The number of ether oxygens (including phenoxy) is 1. The predicted molar refractivity (Wildman–Crippen MR) is 98.8 cm³/mol. The number of amides is 1. The number of methoxy groups -OCH3 is 1. The maximum Gasteiger partial charge on any atom is 0.292 e. The third-order valence-corrected chi connectivity index (χ3v) is 3.96. The van der Waals surface area contributed by atoms with Gasteiger partial charge in [-0.2, -0.15) is 0 Å². The third-order valence-electron chi connectivity index (χ3n) is 3.47. The fourth-order valence-electron chi connectivity index (χ4n) is 2.39. The molecule has 0 bridgehead atoms. The van der Waals surface area contributed by atoms with Gasteiger partial charge in [0.05, 0.1) is 18.6 Å². The van der Waals surface area contributed by atoms with E-state index in [1.165, 1.54) is 12.1 Å². The Morgan fingerprint density at radius 3 is 2.72 bits per heavy atom. The number of benzene rings is 2. The molecule has 0 spiro atoms. The van der Waals surface area contributed by atoms with Gasteiger partial charge in [0, 0.05) is 22.6 Å². The summed E-state index contributed by atoms with van der Waals surface area (Å²) in [4.78, 5) is 24.5. The topological polar surface area (TPSA) is 84.7 Å². The Balaban J connectivity index is 2.02. The van der Waals surface area contributed by atoms with Crippen molar-refractivity contribution in [2.45, 2.75) is 6.54 Å². The predicted octanol–water partition coefficient (Wildman–Crippen LogP) is 3.44. The van der Waals surface area contributed by atoms with Crippen molar-refractivity contribution in [2.75, 3.05) is 26.0 Å². The molecule has 0 saturated heterocycles. The summed E-state index contributed by atoms with van der Waals surface area (Å²) in [5.74, 6) is 0.403. The van der Waals surface area contributed by atoms with Crippen molar-refractivity contribution in [3.63, 3.8) is 0 Å². The van der Waals surface area contributed by atoms with Crippen LogP contribution in [0.15, 0.2) is 46.9 Å². The lowest BCUT2D eigenvalue weighted by molar-refractivity contribution is -0.383. The molecule has 0 aliphatic heterocycles. The molecule has 1 N–H and O–H groups in total. The molecule has 0 atom stereocenters. The second kappa shape index (κ2) is 8.59. The minimum atomic E-state index is -0.522. The molecule has 7 nitrogen and oxygen atoms in total. The van der Waals surface area contributed by atoms with E-state index in [1.807, 2.05) is 18.2 Å². The minimum absolute atomic E-state index is 0.0850. The first-order valence-electron chi connectivity index (χ1n) is 7.45. The molecular formula is C17H18BrN3O4. The van der Waals surface area contributed by atoms with E-state index in [-0.39, 0.29) is 23.8 Å². The third kappa shape index (κ3) is 5.27. The van der Waals surface area contributed by atoms with E-state index in [2.05, 4.69) is 21.2 Å². The Morgan fingerprint density at radius 2 is 2.04 bits per heavy atom. The number of para-hydroxylation sites is 2. The van der Waals surface area contributed by atoms with Gasteiger partial charge in [0.25, 0.3) is 5.69 Å². The van der Waals surface area contributed by atoms with Crippen LogP contribution in [0.2, 0.25) is 0 Å². The lowest BCUT2D eigenvalue weighted by Crippen LogP contribution is -2.30. The zero-order valence-corrected chi connectivity index (χ0v) is 15.4. The van der Waals surface area contributed by atoms with Gasteiger partial charge in [-0.15, -0.1) is 0 Å². The van der Waals surface area contributed by atoms with Crippen LogP contribution in [0.1, 0.15) is 5.56 Å². The Hall–Kier alpha value is -2.45. The van der Waals surface area contributed by atoms with E-state index in [4.69, 9.17) is 4.74 Å². The summed E-state index contributed by atoms with van der Waals surface area (Å²) in [6, 6.07) is 11.7. The Morgan fingerprint density at radius 1 is 1.32 bits per heavy atom. The van der Waals surface area contributed by atoms with Crippen LogP contribution >= 0.6 is 15.9 Å². The number of nitro groups is 1. The number of carbonyl (C=O) groups is 1. The first-order chi connectivity index (χ1) is 11.9. The summed E-state index contributed by atoms with van der Waals surface area (Å²) < 4.78 is 6.24. The molecule has 25 heavy (non-hydrogen) atoms. The Bertz CT molecular complexity index is 782. The highest BCUT2D eigenvalue weighted by Crippen LogP contribution is 2.25. The number of anilines is 1. The SMILES string of the molecule is COc1ccc(Br)cc1CN(C)CC(=O)Nc1ccccc1[N+](=O)[O-]. The van der Waals surface area contributed by atoms with Gasteiger partial charge >= 0.3 is 0 Å². The van der Waals surface area contributed by atoms with Gasteiger partial charge in [-0.05, 0) is 31.3 Å². The standard InChI is InChI=1S/C17H18BrN3O4/c1-20(10-12-9-13(18)7-8-16(12)25-2)11-17(22)19-14-5-3-4-6-15(14)21(23)24/h3-9H,10-11H2,1-2H3,(H,19,22). The second-order valence-electron chi connectivity index (χ2n) is 5.45. The van der Waals surface area contributed by atoms with Gasteiger partial charge in [-0.1, -0.05) is 28.1 Å². The van der Waals surface area contributed by atoms with E-state index in [0.717, 1.165) is 15.8 Å². The molecule has 0 aliphatic carbocycles. The van der Waals surface area contributed by atoms with Gasteiger partial charge in [-0.25, -0.2) is 0 Å². The van der Waals surface area contributed by atoms with Crippen LogP contribution in [0.4, 0.5) is 11.4 Å². The van der Waals surface area contributed by atoms with Gasteiger partial charge in [0.15, 0.2) is 0 Å². The van der Waals surface area contributed by atoms with Crippen LogP contribution in [0.25, 0.3) is 0 Å². The number of hydrogen-bond donors (Lipinski definition) is 1. The minimum Gasteiger partial charge on any atom is -0.496 e. The van der Waals surface area contributed by atoms with Crippen molar-refractivity contribution in [1.82, 2.24) is 4.90 Å². The molecule has 2 aromatic carbocycles. The molecule has 2 aromatic rings. The monoisotopic (exact) mass is 407 g/mol. The number of rotatable bonds is 7. The van der Waals surface area contributed by atoms with Gasteiger partial charge < -0.3 is 10.1 Å². The van der Waals surface area contributed by atoms with E-state index >= 15 is 0 Å². The maximum atomic E-state index is 12.2. The molecule has 0 radical (unpaired) electrons. The number of halogens is 1. The molecule has 0 heterocycles. The quantitative estimate of drug-likeness (QED) is 0.561. The van der Waals surface area contributed by atoms with Crippen molar-refractivity contribution >= 4 is 33.2 Å². The van der Waals surface area contributed by atoms with Crippen LogP contribution in [0.5, 0.6) is 5.75 Å². The van der Waals surface area contributed by atoms with Crippen LogP contribution < -0.4 is 10.1 Å². The number of carbonyl (C=O) groups excluding carboxylic acids is 1. The number of nitrogens with zero attached hydrogens (tertiary/aromatic N) is 2. The lowest BCUT2D eigenvalue weighted by Gasteiger charge is -2.18. The first-order valence-corrected chi connectivity index (χ1v) is 8.24. The summed E-state index contributed by atoms with van der Waals surface area (Å²) in [6.07, 6.45) is 0. The molecular weight excluding hydrogens is 390 g/mol. The summed E-state index contributed by atoms with van der Waals surface area (Å²) in [7, 11) is 3.38. The van der Waals surface area contributed by atoms with Gasteiger partial charge in [-0.3, -0.25) is 19.8 Å². The fraction of sp³-hybridized carbons (Fsp3) is 0.235. The van der Waals surface area contributed by atoms with Crippen LogP contribution in [-0.4, -0.2) is 36.4 Å². The zero-order chi connectivity index (χ0) is 18.4. The maximum absolute atomic E-state index is 12.2. The van der Waals surface area contributed by atoms with E-state index in [9.17, 15) is 14.9 Å². The normalized spacial score (nSPS) is 10.6. The average molecular weight is 408 g/mol. The summed E-state index contributed by atoms with van der Waals surface area (Å²) >= 11 is 3.41. The van der Waals surface area contributed by atoms with Crippen molar-refractivity contribution in [3.8, 4) is 5.75 Å². The second-order valence-corrected chi connectivity index (χ2v) is 6.37. The van der Waals surface area contributed by atoms with E-state index in [1.54, 1.807) is 31.2 Å². The first kappa shape index (κ1) is 18.9. The molecule has 2 rings (SSSR count). The molecule has 8 heteroatoms. The Kier molecular flexibility index (Phi) is 6.49. The summed E-state index contributed by atoms with van der Waals surface area (Å²) in [5, 5.41) is 13.6. The average Bonchev–Trinajstić information content (AvgIpc) is 2.55. The van der Waals surface area contributed by atoms with Crippen molar-refractivity contribution in [3.05, 3.63) is 62.6 Å². The molecule has 1 amide bonds. The highest BCUT2D eigenvalue weighted by atomic mass is 79.9. The van der Waals surface area contributed by atoms with Crippen LogP contribution in [0.3, 0.4) is 0 Å². The molecule has 0 unspecified atom stereocenters. The number of nitrogens with one attached hydrogen (secondary N) is 1. The van der Waals surface area contributed by atoms with Crippen molar-refractivity contribution in [1.29, 1.82) is 0 Å². The summed E-state index contributed by atoms with van der Waals surface area (Å²) in [5.41, 5.74) is 0.982. The number of nitro benzene ring substituents is 1. The van der Waals surface area contributed by atoms with E-state index < -0.39 is 4.92 Å². The number of hydrogen-bond acceptors (Lipinski definition) is 5. The van der Waals surface area contributed by atoms with Crippen LogP contribution in [0, 0.1) is 10.1 Å². The van der Waals surface area contributed by atoms with Crippen LogP contribution in [-0.2, 0) is 11.3 Å². The molecule has 0 fully saturated rings. The van der Waals surface area contributed by atoms with E-state index in [0.29, 0.717) is 6.54 Å². The lowest BCUT2D eigenvalue weighted by atomic mass is 10.2. The fourth-order valence-corrected chi connectivity index (χ4v) is 2.80. The molecule has 0 aliphatic rings. The molecule has 0 saturated carbocycles. The smallest absolute Gasteiger partial charge is 0.292 e. The molecule has 0 aromatic heterocycles. The zero-order valence-electron chi connectivity index (χ0n) is 13.9. The van der Waals surface area contributed by atoms with Gasteiger partial charge in [0.1, 0.15) is 11.4 Å². The highest BCUT2D eigenvalue weighted by Gasteiger charge is 2.16. The van der Waals surface area contributed by atoms with Crippen molar-refractivity contribution in [2.24, 2.45) is 0 Å². The number of likely N-dealkylation sites (N-methyl/N-ethyl adjacent to an activating group) is 1. The molecule has 132 valence electrons. The van der Waals surface area contributed by atoms with Gasteiger partial charge in [0.2, 0.25) is 5.91 Å². The summed E-state index contributed by atoms with van der Waals surface area (Å²) in [6.45, 7) is 0.578. The van der Waals surface area contributed by atoms with Crippen molar-refractivity contribution < 1.29 is 14.5 Å².